The van der Waals surface area contributed by atoms with E-state index in [4.69, 9.17) is 14.2 Å². The number of fused-ring (bicyclic) bond motifs is 1. The molecule has 184 valence electrons. The lowest BCUT2D eigenvalue weighted by Crippen LogP contribution is -2.14. The zero-order valence-electron chi connectivity index (χ0n) is 21.0. The first-order valence-electron chi connectivity index (χ1n) is 12.1. The Labute approximate surface area is 207 Å². The number of nitrogens with one attached hydrogen (secondary N) is 1. The summed E-state index contributed by atoms with van der Waals surface area (Å²) < 4.78 is 16.6. The van der Waals surface area contributed by atoms with Gasteiger partial charge < -0.3 is 19.5 Å². The molecule has 0 saturated heterocycles. The maximum atomic E-state index is 12.4. The van der Waals surface area contributed by atoms with Gasteiger partial charge in [-0.25, -0.2) is 9.78 Å². The second-order valence-electron chi connectivity index (χ2n) is 10.0. The standard InChI is InChI=1S/C29H34N2O4/c1-29(2,3)19-20-7-11-23(12-8-20)34-16-17-35-26-14-13-24(31-27(26)28(32)33-4)22-10-9-21-6-5-15-30-25(21)18-22/h7-14,18,30H,5-6,15-17,19H2,1-4H3. The fourth-order valence-corrected chi connectivity index (χ4v) is 4.21. The van der Waals surface area contributed by atoms with Gasteiger partial charge in [0, 0.05) is 17.8 Å². The number of benzene rings is 2. The molecular formula is C29H34N2O4. The molecule has 0 unspecified atom stereocenters. The van der Waals surface area contributed by atoms with Gasteiger partial charge in [0.05, 0.1) is 12.8 Å². The van der Waals surface area contributed by atoms with E-state index < -0.39 is 5.97 Å². The van der Waals surface area contributed by atoms with Gasteiger partial charge in [0.25, 0.3) is 0 Å². The minimum Gasteiger partial charge on any atom is -0.490 e. The molecule has 0 aliphatic carbocycles. The summed E-state index contributed by atoms with van der Waals surface area (Å²) in [5.41, 5.74) is 5.74. The van der Waals surface area contributed by atoms with Gasteiger partial charge >= 0.3 is 5.97 Å². The smallest absolute Gasteiger partial charge is 0.360 e. The summed E-state index contributed by atoms with van der Waals surface area (Å²) in [6.45, 7) is 8.26. The van der Waals surface area contributed by atoms with Crippen molar-refractivity contribution in [2.75, 3.05) is 32.2 Å². The first kappa shape index (κ1) is 24.6. The number of methoxy groups -OCH3 is 1. The Bertz CT molecular complexity index is 1170. The minimum absolute atomic E-state index is 0.155. The van der Waals surface area contributed by atoms with Crippen LogP contribution >= 0.6 is 0 Å². The average molecular weight is 475 g/mol. The highest BCUT2D eigenvalue weighted by molar-refractivity contribution is 5.91. The van der Waals surface area contributed by atoms with Crippen molar-refractivity contribution in [3.8, 4) is 22.8 Å². The zero-order valence-corrected chi connectivity index (χ0v) is 21.0. The Balaban J connectivity index is 1.40. The van der Waals surface area contributed by atoms with Gasteiger partial charge in [0.2, 0.25) is 0 Å². The molecule has 6 nitrogen and oxygen atoms in total. The van der Waals surface area contributed by atoms with Crippen LogP contribution in [0.25, 0.3) is 11.3 Å². The average Bonchev–Trinajstić information content (AvgIpc) is 2.86. The quantitative estimate of drug-likeness (QED) is 0.322. The Kier molecular flexibility index (Phi) is 7.59. The third-order valence-corrected chi connectivity index (χ3v) is 5.85. The second kappa shape index (κ2) is 10.8. The van der Waals surface area contributed by atoms with Gasteiger partial charge in [-0.2, -0.15) is 0 Å². The van der Waals surface area contributed by atoms with E-state index in [2.05, 4.69) is 55.3 Å². The first-order chi connectivity index (χ1) is 16.8. The van der Waals surface area contributed by atoms with Crippen molar-refractivity contribution in [2.24, 2.45) is 5.41 Å². The summed E-state index contributed by atoms with van der Waals surface area (Å²) in [4.78, 5) is 17.0. The van der Waals surface area contributed by atoms with E-state index in [0.717, 1.165) is 42.8 Å². The number of pyridine rings is 1. The van der Waals surface area contributed by atoms with Gasteiger partial charge in [0.15, 0.2) is 11.4 Å². The van der Waals surface area contributed by atoms with E-state index in [1.165, 1.54) is 18.2 Å². The number of nitrogens with zero attached hydrogens (tertiary/aromatic N) is 1. The van der Waals surface area contributed by atoms with E-state index in [1.807, 2.05) is 24.3 Å². The predicted molar refractivity (Wildman–Crippen MR) is 138 cm³/mol. The highest BCUT2D eigenvalue weighted by atomic mass is 16.5. The normalized spacial score (nSPS) is 12.9. The summed E-state index contributed by atoms with van der Waals surface area (Å²) >= 11 is 0. The summed E-state index contributed by atoms with van der Waals surface area (Å²) in [5.74, 6) is 0.628. The number of hydrogen-bond acceptors (Lipinski definition) is 6. The molecule has 1 aliphatic heterocycles. The van der Waals surface area contributed by atoms with Gasteiger partial charge in [-0.1, -0.05) is 45.0 Å². The molecule has 0 saturated carbocycles. The lowest BCUT2D eigenvalue weighted by molar-refractivity contribution is 0.0588. The third kappa shape index (κ3) is 6.53. The lowest BCUT2D eigenvalue weighted by atomic mass is 9.88. The number of hydrogen-bond donors (Lipinski definition) is 1. The Hall–Kier alpha value is -3.54. The number of ether oxygens (including phenoxy) is 3. The highest BCUT2D eigenvalue weighted by Crippen LogP contribution is 2.30. The van der Waals surface area contributed by atoms with Crippen LogP contribution in [-0.4, -0.2) is 37.8 Å². The molecule has 1 aliphatic rings. The van der Waals surface area contributed by atoms with E-state index >= 15 is 0 Å². The van der Waals surface area contributed by atoms with Crippen LogP contribution in [0.3, 0.4) is 0 Å². The van der Waals surface area contributed by atoms with Gasteiger partial charge in [0.1, 0.15) is 19.0 Å². The summed E-state index contributed by atoms with van der Waals surface area (Å²) in [5, 5.41) is 3.44. The minimum atomic E-state index is -0.534. The molecule has 35 heavy (non-hydrogen) atoms. The van der Waals surface area contributed by atoms with Crippen molar-refractivity contribution < 1.29 is 19.0 Å². The molecule has 1 N–H and O–H groups in total. The van der Waals surface area contributed by atoms with E-state index in [1.54, 1.807) is 6.07 Å². The summed E-state index contributed by atoms with van der Waals surface area (Å²) in [6.07, 6.45) is 3.21. The topological polar surface area (TPSA) is 69.7 Å². The number of carbonyl (C=O) groups is 1. The Morgan fingerprint density at radius 2 is 1.77 bits per heavy atom. The van der Waals surface area contributed by atoms with Crippen LogP contribution in [-0.2, 0) is 17.6 Å². The lowest BCUT2D eigenvalue weighted by Gasteiger charge is -2.19. The molecule has 0 atom stereocenters. The molecule has 0 amide bonds. The van der Waals surface area contributed by atoms with Crippen LogP contribution in [0.2, 0.25) is 0 Å². The van der Waals surface area contributed by atoms with Crippen LogP contribution in [0.4, 0.5) is 5.69 Å². The van der Waals surface area contributed by atoms with Gasteiger partial charge in [-0.15, -0.1) is 0 Å². The van der Waals surface area contributed by atoms with Crippen molar-refractivity contribution in [3.05, 3.63) is 71.4 Å². The molecule has 0 bridgehead atoms. The molecule has 2 heterocycles. The van der Waals surface area contributed by atoms with E-state index in [9.17, 15) is 4.79 Å². The molecule has 4 rings (SSSR count). The largest absolute Gasteiger partial charge is 0.490 e. The molecule has 2 aromatic carbocycles. The van der Waals surface area contributed by atoms with Gasteiger partial charge in [-0.05, 0) is 66.1 Å². The highest BCUT2D eigenvalue weighted by Gasteiger charge is 2.18. The Morgan fingerprint density at radius 3 is 2.51 bits per heavy atom. The molecule has 0 spiro atoms. The maximum Gasteiger partial charge on any atom is 0.360 e. The van der Waals surface area contributed by atoms with Crippen molar-refractivity contribution >= 4 is 11.7 Å². The van der Waals surface area contributed by atoms with Crippen molar-refractivity contribution in [1.29, 1.82) is 0 Å². The third-order valence-electron chi connectivity index (χ3n) is 5.85. The van der Waals surface area contributed by atoms with Crippen molar-refractivity contribution in [3.63, 3.8) is 0 Å². The Morgan fingerprint density at radius 1 is 1.00 bits per heavy atom. The first-order valence-corrected chi connectivity index (χ1v) is 12.1. The monoisotopic (exact) mass is 474 g/mol. The zero-order chi connectivity index (χ0) is 24.8. The SMILES string of the molecule is COC(=O)c1nc(-c2ccc3c(c2)NCCC3)ccc1OCCOc1ccc(CC(C)(C)C)cc1. The molecule has 1 aromatic heterocycles. The van der Waals surface area contributed by atoms with Crippen LogP contribution in [0.5, 0.6) is 11.5 Å². The number of aromatic nitrogens is 1. The molecule has 3 aromatic rings. The van der Waals surface area contributed by atoms with Crippen molar-refractivity contribution in [2.45, 2.75) is 40.0 Å². The number of carbonyl (C=O) groups excluding carboxylic acids is 1. The van der Waals surface area contributed by atoms with Crippen LogP contribution in [0, 0.1) is 5.41 Å². The van der Waals surface area contributed by atoms with Crippen LogP contribution in [0.1, 0.15) is 48.8 Å². The predicted octanol–water partition coefficient (Wildman–Crippen LogP) is 5.94. The van der Waals surface area contributed by atoms with Crippen molar-refractivity contribution in [1.82, 2.24) is 4.98 Å². The molecular weight excluding hydrogens is 440 g/mol. The van der Waals surface area contributed by atoms with E-state index in [0.29, 0.717) is 18.1 Å². The number of rotatable bonds is 8. The number of esters is 1. The van der Waals surface area contributed by atoms with Crippen LogP contribution < -0.4 is 14.8 Å². The second-order valence-corrected chi connectivity index (χ2v) is 10.0. The molecule has 6 heteroatoms. The van der Waals surface area contributed by atoms with Crippen LogP contribution in [0.15, 0.2) is 54.6 Å². The fraction of sp³-hybridized carbons (Fsp3) is 0.379. The summed E-state index contributed by atoms with van der Waals surface area (Å²) in [7, 11) is 1.34. The number of anilines is 1. The fourth-order valence-electron chi connectivity index (χ4n) is 4.21. The molecule has 0 radical (unpaired) electrons. The summed E-state index contributed by atoms with van der Waals surface area (Å²) in [6, 6.07) is 18.0. The maximum absolute atomic E-state index is 12.4. The molecule has 0 fully saturated rings. The van der Waals surface area contributed by atoms with Gasteiger partial charge in [-0.3, -0.25) is 0 Å². The number of aryl methyl sites for hydroxylation is 1. The van der Waals surface area contributed by atoms with E-state index in [-0.39, 0.29) is 17.7 Å².